The molecule has 3 aromatic carbocycles. The fourth-order valence-electron chi connectivity index (χ4n) is 3.17. The van der Waals surface area contributed by atoms with Crippen molar-refractivity contribution in [1.29, 1.82) is 0 Å². The third kappa shape index (κ3) is 5.24. The van der Waals surface area contributed by atoms with Gasteiger partial charge in [0.15, 0.2) is 6.61 Å². The number of carbonyl (C=O) groups is 3. The number of para-hydroxylation sites is 2. The summed E-state index contributed by atoms with van der Waals surface area (Å²) in [4.78, 5) is 37.7. The molecule has 0 spiro atoms. The number of anilines is 2. The van der Waals surface area contributed by atoms with Gasteiger partial charge in [-0.05, 0) is 58.4 Å². The monoisotopic (exact) mass is 525 g/mol. The van der Waals surface area contributed by atoms with E-state index in [2.05, 4.69) is 26.7 Å². The van der Waals surface area contributed by atoms with Gasteiger partial charge in [0.05, 0.1) is 10.2 Å². The number of carbonyl (C=O) groups excluding carboxylic acids is 3. The first-order valence-electron chi connectivity index (χ1n) is 9.81. The van der Waals surface area contributed by atoms with Crippen LogP contribution >= 0.6 is 27.5 Å². The standard InChI is InChI=1S/C24H17BrClN3O4/c25-20-13-16(26)11-15(22(20)33-14-21(30)27-17-7-3-1-4-8-17)12-19-23(31)28-29(24(19)32)18-9-5-2-6-10-18/h1-13H,14H2,(H,27,30)(H,28,31)/b19-12-. The van der Waals surface area contributed by atoms with E-state index >= 15 is 0 Å². The molecule has 1 aliphatic rings. The van der Waals surface area contributed by atoms with Crippen LogP contribution in [-0.4, -0.2) is 24.3 Å². The zero-order chi connectivity index (χ0) is 23.4. The number of amides is 3. The number of ether oxygens (including phenoxy) is 1. The quantitative estimate of drug-likeness (QED) is 0.364. The fraction of sp³-hybridized carbons (Fsp3) is 0.0417. The lowest BCUT2D eigenvalue weighted by Gasteiger charge is -2.14. The molecule has 0 aliphatic carbocycles. The number of halogens is 2. The average Bonchev–Trinajstić information content (AvgIpc) is 3.08. The third-order valence-corrected chi connectivity index (χ3v) is 5.46. The van der Waals surface area contributed by atoms with Gasteiger partial charge in [0.2, 0.25) is 0 Å². The van der Waals surface area contributed by atoms with Gasteiger partial charge >= 0.3 is 0 Å². The number of hydrogen-bond donors (Lipinski definition) is 2. The van der Waals surface area contributed by atoms with Crippen molar-refractivity contribution in [3.8, 4) is 5.75 Å². The van der Waals surface area contributed by atoms with Gasteiger partial charge in [0, 0.05) is 16.3 Å². The molecule has 0 radical (unpaired) electrons. The van der Waals surface area contributed by atoms with Gasteiger partial charge in [0.1, 0.15) is 11.3 Å². The molecule has 0 bridgehead atoms. The Kier molecular flexibility index (Phi) is 6.76. The number of hydrazine groups is 1. The van der Waals surface area contributed by atoms with E-state index < -0.39 is 11.8 Å². The summed E-state index contributed by atoms with van der Waals surface area (Å²) < 4.78 is 6.20. The molecule has 1 fully saturated rings. The van der Waals surface area contributed by atoms with Crippen LogP contribution in [0.5, 0.6) is 5.75 Å². The highest BCUT2D eigenvalue weighted by Gasteiger charge is 2.34. The summed E-state index contributed by atoms with van der Waals surface area (Å²) >= 11 is 9.56. The van der Waals surface area contributed by atoms with Crippen LogP contribution in [0.1, 0.15) is 5.56 Å². The second kappa shape index (κ2) is 9.89. The molecule has 0 aromatic heterocycles. The Morgan fingerprint density at radius 1 is 1.06 bits per heavy atom. The van der Waals surface area contributed by atoms with E-state index in [1.165, 1.54) is 11.1 Å². The van der Waals surface area contributed by atoms with Gasteiger partial charge in [0.25, 0.3) is 17.7 Å². The van der Waals surface area contributed by atoms with Crippen molar-refractivity contribution in [1.82, 2.24) is 5.43 Å². The minimum absolute atomic E-state index is 0.0911. The average molecular weight is 527 g/mol. The number of nitrogens with one attached hydrogen (secondary N) is 2. The van der Waals surface area contributed by atoms with E-state index in [4.69, 9.17) is 16.3 Å². The lowest BCUT2D eigenvalue weighted by atomic mass is 10.1. The number of benzene rings is 3. The topological polar surface area (TPSA) is 87.7 Å². The van der Waals surface area contributed by atoms with Crippen molar-refractivity contribution in [3.63, 3.8) is 0 Å². The molecule has 4 rings (SSSR count). The maximum atomic E-state index is 12.9. The van der Waals surface area contributed by atoms with Gasteiger partial charge in [-0.2, -0.15) is 0 Å². The van der Waals surface area contributed by atoms with E-state index in [1.807, 2.05) is 12.1 Å². The minimum atomic E-state index is -0.562. The van der Waals surface area contributed by atoms with E-state index in [0.29, 0.717) is 26.4 Å². The zero-order valence-corrected chi connectivity index (χ0v) is 19.4. The van der Waals surface area contributed by atoms with Crippen molar-refractivity contribution in [2.24, 2.45) is 0 Å². The Hall–Kier alpha value is -3.62. The summed E-state index contributed by atoms with van der Waals surface area (Å²) in [7, 11) is 0. The fourth-order valence-corrected chi connectivity index (χ4v) is 4.12. The second-order valence-corrected chi connectivity index (χ2v) is 8.27. The maximum absolute atomic E-state index is 12.9. The summed E-state index contributed by atoms with van der Waals surface area (Å²) in [6.07, 6.45) is 1.39. The molecule has 1 aliphatic heterocycles. The van der Waals surface area contributed by atoms with Crippen molar-refractivity contribution < 1.29 is 19.1 Å². The first-order valence-corrected chi connectivity index (χ1v) is 11.0. The van der Waals surface area contributed by atoms with Gasteiger partial charge in [-0.3, -0.25) is 19.8 Å². The molecule has 33 heavy (non-hydrogen) atoms. The van der Waals surface area contributed by atoms with Crippen molar-refractivity contribution >= 4 is 62.7 Å². The molecular formula is C24H17BrClN3O4. The van der Waals surface area contributed by atoms with Crippen LogP contribution in [0.2, 0.25) is 5.02 Å². The summed E-state index contributed by atoms with van der Waals surface area (Å²) in [6.45, 7) is -0.290. The lowest BCUT2D eigenvalue weighted by Crippen LogP contribution is -2.35. The highest BCUT2D eigenvalue weighted by molar-refractivity contribution is 9.10. The summed E-state index contributed by atoms with van der Waals surface area (Å²) in [5.74, 6) is -1.18. The number of nitrogens with zero attached hydrogens (tertiary/aromatic N) is 1. The van der Waals surface area contributed by atoms with Crippen molar-refractivity contribution in [2.45, 2.75) is 0 Å². The lowest BCUT2D eigenvalue weighted by molar-refractivity contribution is -0.118. The molecule has 0 saturated carbocycles. The normalized spacial score (nSPS) is 14.4. The minimum Gasteiger partial charge on any atom is -0.482 e. The highest BCUT2D eigenvalue weighted by Crippen LogP contribution is 2.35. The Morgan fingerprint density at radius 3 is 2.42 bits per heavy atom. The molecule has 3 aromatic rings. The summed E-state index contributed by atoms with van der Waals surface area (Å²) in [6, 6.07) is 20.9. The Labute approximate surface area is 203 Å². The van der Waals surface area contributed by atoms with Crippen LogP contribution in [0.15, 0.2) is 82.8 Å². The Bertz CT molecular complexity index is 1250. The molecule has 1 heterocycles. The van der Waals surface area contributed by atoms with Crippen LogP contribution in [0.25, 0.3) is 6.08 Å². The molecule has 2 N–H and O–H groups in total. The highest BCUT2D eigenvalue weighted by atomic mass is 79.9. The molecule has 7 nitrogen and oxygen atoms in total. The van der Waals surface area contributed by atoms with Crippen LogP contribution < -0.4 is 20.5 Å². The predicted molar refractivity (Wildman–Crippen MR) is 130 cm³/mol. The molecule has 9 heteroatoms. The molecule has 166 valence electrons. The largest absolute Gasteiger partial charge is 0.482 e. The SMILES string of the molecule is O=C(COc1c(Br)cc(Cl)cc1/C=C1/C(=O)NN(c2ccccc2)C1=O)Nc1ccccc1. The predicted octanol–water partition coefficient (Wildman–Crippen LogP) is 4.58. The molecule has 1 saturated heterocycles. The van der Waals surface area contributed by atoms with E-state index in [0.717, 1.165) is 0 Å². The van der Waals surface area contributed by atoms with Crippen molar-refractivity contribution in [2.75, 3.05) is 16.9 Å². The Balaban J connectivity index is 1.58. The first kappa shape index (κ1) is 22.6. The third-order valence-electron chi connectivity index (χ3n) is 4.65. The Morgan fingerprint density at radius 2 is 1.73 bits per heavy atom. The smallest absolute Gasteiger partial charge is 0.282 e. The van der Waals surface area contributed by atoms with E-state index in [-0.39, 0.29) is 23.8 Å². The number of rotatable bonds is 6. The van der Waals surface area contributed by atoms with Crippen LogP contribution in [0.3, 0.4) is 0 Å². The van der Waals surface area contributed by atoms with E-state index in [1.54, 1.807) is 60.7 Å². The maximum Gasteiger partial charge on any atom is 0.282 e. The second-order valence-electron chi connectivity index (χ2n) is 6.98. The summed E-state index contributed by atoms with van der Waals surface area (Å²) in [5, 5.41) is 4.26. The zero-order valence-electron chi connectivity index (χ0n) is 17.0. The summed E-state index contributed by atoms with van der Waals surface area (Å²) in [5.41, 5.74) is 3.99. The molecule has 3 amide bonds. The molecule has 0 unspecified atom stereocenters. The first-order chi connectivity index (χ1) is 15.9. The van der Waals surface area contributed by atoms with Gasteiger partial charge in [-0.15, -0.1) is 0 Å². The van der Waals surface area contributed by atoms with Gasteiger partial charge in [-0.1, -0.05) is 48.0 Å². The van der Waals surface area contributed by atoms with Gasteiger partial charge in [-0.25, -0.2) is 5.01 Å². The van der Waals surface area contributed by atoms with E-state index in [9.17, 15) is 14.4 Å². The van der Waals surface area contributed by atoms with Crippen LogP contribution in [0.4, 0.5) is 11.4 Å². The number of hydrogen-bond acceptors (Lipinski definition) is 4. The van der Waals surface area contributed by atoms with Crippen molar-refractivity contribution in [3.05, 3.63) is 93.4 Å². The van der Waals surface area contributed by atoms with Crippen LogP contribution in [-0.2, 0) is 14.4 Å². The van der Waals surface area contributed by atoms with Crippen LogP contribution in [0, 0.1) is 0 Å². The molecule has 0 atom stereocenters. The molecular weight excluding hydrogens is 510 g/mol. The van der Waals surface area contributed by atoms with Gasteiger partial charge < -0.3 is 10.1 Å².